The minimum Gasteiger partial charge on any atom is -0.497 e. The van der Waals surface area contributed by atoms with Gasteiger partial charge in [0, 0.05) is 35.7 Å². The molecule has 184 valence electrons. The van der Waals surface area contributed by atoms with Crippen molar-refractivity contribution in [2.75, 3.05) is 41.7 Å². The van der Waals surface area contributed by atoms with E-state index in [1.54, 1.807) is 25.1 Å². The summed E-state index contributed by atoms with van der Waals surface area (Å²) in [5.41, 5.74) is 2.43. The number of Topliss-reactive ketones (excluding diaryl/α,β-unsaturated/α-hetero) is 1. The van der Waals surface area contributed by atoms with E-state index in [0.717, 1.165) is 0 Å². The number of carbonyl (C=O) groups is 3. The topological polar surface area (TPSA) is 109 Å². The SMILES string of the molecule is COCCOC(=O)C1=C(C)NC2=C(C(=O)C(C(=O)OC)C(C)C2)C1c1ccc(OC)cc1OC. The summed E-state index contributed by atoms with van der Waals surface area (Å²) >= 11 is 0. The minimum absolute atomic E-state index is 0.0558. The Hall–Kier alpha value is -3.33. The van der Waals surface area contributed by atoms with Crippen LogP contribution in [0.25, 0.3) is 0 Å². The second-order valence-electron chi connectivity index (χ2n) is 8.27. The van der Waals surface area contributed by atoms with Crippen molar-refractivity contribution in [2.24, 2.45) is 11.8 Å². The Morgan fingerprint density at radius 2 is 1.82 bits per heavy atom. The van der Waals surface area contributed by atoms with Crippen LogP contribution in [0.2, 0.25) is 0 Å². The van der Waals surface area contributed by atoms with Gasteiger partial charge in [-0.15, -0.1) is 0 Å². The summed E-state index contributed by atoms with van der Waals surface area (Å²) in [5, 5.41) is 3.23. The zero-order chi connectivity index (χ0) is 25.0. The number of benzene rings is 1. The molecule has 0 bridgehead atoms. The van der Waals surface area contributed by atoms with Crippen molar-refractivity contribution in [1.82, 2.24) is 5.32 Å². The molecule has 1 heterocycles. The van der Waals surface area contributed by atoms with E-state index in [-0.39, 0.29) is 30.5 Å². The van der Waals surface area contributed by atoms with Crippen molar-refractivity contribution < 1.29 is 38.1 Å². The van der Waals surface area contributed by atoms with Gasteiger partial charge >= 0.3 is 11.9 Å². The summed E-state index contributed by atoms with van der Waals surface area (Å²) in [6.07, 6.45) is 0.444. The summed E-state index contributed by atoms with van der Waals surface area (Å²) in [7, 11) is 5.81. The molecule has 0 saturated heterocycles. The van der Waals surface area contributed by atoms with E-state index >= 15 is 0 Å². The standard InChI is InChI=1S/C25H31NO8/c1-13-11-17-22(23(27)19(13)24(28)33-6)21(16-8-7-15(31-4)12-18(16)32-5)20(14(2)26-17)25(29)34-10-9-30-3/h7-8,12-13,19,21,26H,9-11H2,1-6H3. The quantitative estimate of drug-likeness (QED) is 0.346. The van der Waals surface area contributed by atoms with Crippen LogP contribution in [0, 0.1) is 11.8 Å². The Balaban J connectivity index is 2.20. The Morgan fingerprint density at radius 3 is 2.44 bits per heavy atom. The highest BCUT2D eigenvalue weighted by atomic mass is 16.6. The number of carbonyl (C=O) groups excluding carboxylic acids is 3. The first kappa shape index (κ1) is 25.3. The first-order valence-electron chi connectivity index (χ1n) is 11.0. The molecule has 0 aromatic heterocycles. The molecule has 3 unspecified atom stereocenters. The number of hydrogen-bond acceptors (Lipinski definition) is 9. The number of ketones is 1. The van der Waals surface area contributed by atoms with E-state index in [2.05, 4.69) is 5.32 Å². The molecular weight excluding hydrogens is 442 g/mol. The van der Waals surface area contributed by atoms with Crippen LogP contribution < -0.4 is 14.8 Å². The van der Waals surface area contributed by atoms with Crippen LogP contribution in [-0.4, -0.2) is 59.4 Å². The van der Waals surface area contributed by atoms with Gasteiger partial charge in [0.05, 0.1) is 39.4 Å². The largest absolute Gasteiger partial charge is 0.497 e. The predicted octanol–water partition coefficient (Wildman–Crippen LogP) is 2.51. The highest BCUT2D eigenvalue weighted by Gasteiger charge is 2.47. The van der Waals surface area contributed by atoms with Crippen LogP contribution in [0.5, 0.6) is 11.5 Å². The van der Waals surface area contributed by atoms with Crippen LogP contribution >= 0.6 is 0 Å². The Labute approximate surface area is 199 Å². The average molecular weight is 474 g/mol. The van der Waals surface area contributed by atoms with E-state index in [9.17, 15) is 14.4 Å². The lowest BCUT2D eigenvalue weighted by atomic mass is 9.69. The van der Waals surface area contributed by atoms with Crippen LogP contribution in [0.3, 0.4) is 0 Å². The fourth-order valence-corrected chi connectivity index (χ4v) is 4.61. The Morgan fingerprint density at radius 1 is 1.09 bits per heavy atom. The van der Waals surface area contributed by atoms with Crippen molar-refractivity contribution in [1.29, 1.82) is 0 Å². The number of hydrogen-bond donors (Lipinski definition) is 1. The molecule has 1 aliphatic carbocycles. The molecule has 0 spiro atoms. The van der Waals surface area contributed by atoms with Crippen LogP contribution in [0.4, 0.5) is 0 Å². The smallest absolute Gasteiger partial charge is 0.336 e. The second kappa shape index (κ2) is 10.7. The van der Waals surface area contributed by atoms with Crippen molar-refractivity contribution in [2.45, 2.75) is 26.2 Å². The number of nitrogens with one attached hydrogen (secondary N) is 1. The van der Waals surface area contributed by atoms with Crippen molar-refractivity contribution in [3.05, 3.63) is 46.3 Å². The van der Waals surface area contributed by atoms with Crippen molar-refractivity contribution >= 4 is 17.7 Å². The molecule has 1 N–H and O–H groups in total. The fraction of sp³-hybridized carbons (Fsp3) is 0.480. The number of allylic oxidation sites excluding steroid dienone is 3. The second-order valence-corrected chi connectivity index (χ2v) is 8.27. The van der Waals surface area contributed by atoms with Gasteiger partial charge < -0.3 is 29.0 Å². The van der Waals surface area contributed by atoms with Crippen molar-refractivity contribution in [3.8, 4) is 11.5 Å². The van der Waals surface area contributed by atoms with E-state index in [0.29, 0.717) is 40.5 Å². The molecule has 9 heteroatoms. The molecule has 3 rings (SSSR count). The van der Waals surface area contributed by atoms with Gasteiger partial charge in [-0.3, -0.25) is 9.59 Å². The summed E-state index contributed by atoms with van der Waals surface area (Å²) < 4.78 is 26.3. The molecule has 0 radical (unpaired) electrons. The van der Waals surface area contributed by atoms with E-state index < -0.39 is 23.8 Å². The molecule has 1 aromatic rings. The molecule has 0 saturated carbocycles. The molecule has 9 nitrogen and oxygen atoms in total. The van der Waals surface area contributed by atoms with Crippen LogP contribution in [0.1, 0.15) is 31.7 Å². The summed E-state index contributed by atoms with van der Waals surface area (Å²) in [6, 6.07) is 5.18. The fourth-order valence-electron chi connectivity index (χ4n) is 4.61. The lowest BCUT2D eigenvalue weighted by Gasteiger charge is -2.38. The lowest BCUT2D eigenvalue weighted by molar-refractivity contribution is -0.151. The van der Waals surface area contributed by atoms with Gasteiger partial charge in [0.2, 0.25) is 0 Å². The molecule has 2 aliphatic rings. The Bertz CT molecular complexity index is 1040. The molecule has 34 heavy (non-hydrogen) atoms. The highest BCUT2D eigenvalue weighted by Crippen LogP contribution is 2.48. The third-order valence-corrected chi connectivity index (χ3v) is 6.24. The zero-order valence-electron chi connectivity index (χ0n) is 20.4. The summed E-state index contributed by atoms with van der Waals surface area (Å²) in [6.45, 7) is 3.89. The molecule has 1 aliphatic heterocycles. The number of ether oxygens (including phenoxy) is 5. The highest BCUT2D eigenvalue weighted by molar-refractivity contribution is 6.12. The van der Waals surface area contributed by atoms with Gasteiger partial charge in [-0.05, 0) is 25.3 Å². The first-order valence-corrected chi connectivity index (χ1v) is 11.0. The maximum absolute atomic E-state index is 13.8. The molecule has 1 aromatic carbocycles. The number of methoxy groups -OCH3 is 4. The first-order chi connectivity index (χ1) is 16.3. The number of esters is 2. The molecule has 0 fully saturated rings. The Kier molecular flexibility index (Phi) is 7.98. The van der Waals surface area contributed by atoms with E-state index in [1.807, 2.05) is 6.92 Å². The van der Waals surface area contributed by atoms with Gasteiger partial charge in [0.25, 0.3) is 0 Å². The molecular formula is C25H31NO8. The normalized spacial score (nSPS) is 22.1. The number of rotatable bonds is 8. The monoisotopic (exact) mass is 473 g/mol. The van der Waals surface area contributed by atoms with Crippen LogP contribution in [0.15, 0.2) is 40.7 Å². The van der Waals surface area contributed by atoms with Gasteiger partial charge in [-0.2, -0.15) is 0 Å². The van der Waals surface area contributed by atoms with E-state index in [1.165, 1.54) is 28.4 Å². The maximum atomic E-state index is 13.8. The molecule has 3 atom stereocenters. The average Bonchev–Trinajstić information content (AvgIpc) is 2.82. The number of dihydropyridines is 1. The zero-order valence-corrected chi connectivity index (χ0v) is 20.4. The maximum Gasteiger partial charge on any atom is 0.336 e. The lowest BCUT2D eigenvalue weighted by Crippen LogP contribution is -2.43. The van der Waals surface area contributed by atoms with Gasteiger partial charge in [-0.25, -0.2) is 4.79 Å². The van der Waals surface area contributed by atoms with E-state index in [4.69, 9.17) is 23.7 Å². The predicted molar refractivity (Wildman–Crippen MR) is 122 cm³/mol. The third kappa shape index (κ3) is 4.65. The van der Waals surface area contributed by atoms with Crippen LogP contribution in [-0.2, 0) is 28.6 Å². The minimum atomic E-state index is -0.971. The van der Waals surface area contributed by atoms with Gasteiger partial charge in [0.15, 0.2) is 5.78 Å². The summed E-state index contributed by atoms with van der Waals surface area (Å²) in [5.74, 6) is -2.62. The van der Waals surface area contributed by atoms with Gasteiger partial charge in [0.1, 0.15) is 24.0 Å². The molecule has 0 amide bonds. The summed E-state index contributed by atoms with van der Waals surface area (Å²) in [4.78, 5) is 39.5. The van der Waals surface area contributed by atoms with Crippen molar-refractivity contribution in [3.63, 3.8) is 0 Å². The van der Waals surface area contributed by atoms with Gasteiger partial charge in [-0.1, -0.05) is 13.0 Å². The third-order valence-electron chi connectivity index (χ3n) is 6.24.